The van der Waals surface area contributed by atoms with Crippen molar-refractivity contribution in [2.24, 2.45) is 5.92 Å². The Morgan fingerprint density at radius 1 is 1.53 bits per heavy atom. The summed E-state index contributed by atoms with van der Waals surface area (Å²) >= 11 is 1.65. The number of hydrogen-bond acceptors (Lipinski definition) is 5. The van der Waals surface area contributed by atoms with Crippen molar-refractivity contribution >= 4 is 17.4 Å². The molecule has 15 heavy (non-hydrogen) atoms. The summed E-state index contributed by atoms with van der Waals surface area (Å²) < 4.78 is 5.03. The van der Waals surface area contributed by atoms with Crippen LogP contribution in [0.25, 0.3) is 0 Å². The Morgan fingerprint density at radius 2 is 2.27 bits per heavy atom. The van der Waals surface area contributed by atoms with E-state index in [0.29, 0.717) is 17.5 Å². The van der Waals surface area contributed by atoms with Crippen molar-refractivity contribution in [1.82, 2.24) is 9.97 Å². The Labute approximate surface area is 94.6 Å². The first kappa shape index (κ1) is 12.1. The predicted molar refractivity (Wildman–Crippen MR) is 63.2 cm³/mol. The normalized spacial score (nSPS) is 12.5. The molecule has 0 fully saturated rings. The van der Waals surface area contributed by atoms with E-state index in [9.17, 15) is 0 Å². The van der Waals surface area contributed by atoms with Gasteiger partial charge in [0.25, 0.3) is 0 Å². The van der Waals surface area contributed by atoms with Gasteiger partial charge in [-0.25, -0.2) is 4.98 Å². The summed E-state index contributed by atoms with van der Waals surface area (Å²) in [5.74, 6) is 2.13. The molecule has 0 saturated heterocycles. The second-order valence-corrected chi connectivity index (χ2v) is 4.43. The molecule has 84 valence electrons. The van der Waals surface area contributed by atoms with E-state index in [4.69, 9.17) is 10.5 Å². The molecule has 4 nitrogen and oxygen atoms in total. The van der Waals surface area contributed by atoms with Crippen molar-refractivity contribution in [3.05, 3.63) is 6.33 Å². The van der Waals surface area contributed by atoms with E-state index in [0.717, 1.165) is 17.2 Å². The van der Waals surface area contributed by atoms with Crippen LogP contribution in [0.5, 0.6) is 5.88 Å². The molecular weight excluding hydrogens is 210 g/mol. The molecule has 0 radical (unpaired) electrons. The van der Waals surface area contributed by atoms with Crippen molar-refractivity contribution in [1.29, 1.82) is 0 Å². The van der Waals surface area contributed by atoms with Crippen molar-refractivity contribution < 1.29 is 4.74 Å². The summed E-state index contributed by atoms with van der Waals surface area (Å²) in [6, 6.07) is 0. The molecule has 0 aliphatic rings. The Hall–Kier alpha value is -0.970. The SMILES string of the molecule is CCC(C)CSc1ncnc(OC)c1N. The fraction of sp³-hybridized carbons (Fsp3) is 0.600. The second-order valence-electron chi connectivity index (χ2n) is 3.43. The van der Waals surface area contributed by atoms with Gasteiger partial charge in [-0.05, 0) is 5.92 Å². The molecule has 1 unspecified atom stereocenters. The maximum Gasteiger partial charge on any atom is 0.241 e. The van der Waals surface area contributed by atoms with Crippen LogP contribution in [0.3, 0.4) is 0 Å². The largest absolute Gasteiger partial charge is 0.479 e. The number of hydrogen-bond donors (Lipinski definition) is 1. The van der Waals surface area contributed by atoms with Gasteiger partial charge in [0.2, 0.25) is 5.88 Å². The summed E-state index contributed by atoms with van der Waals surface area (Å²) in [5.41, 5.74) is 6.39. The van der Waals surface area contributed by atoms with Gasteiger partial charge in [-0.2, -0.15) is 4.98 Å². The molecule has 0 aliphatic heterocycles. The highest BCUT2D eigenvalue weighted by Crippen LogP contribution is 2.29. The molecule has 1 heterocycles. The average molecular weight is 227 g/mol. The highest BCUT2D eigenvalue weighted by Gasteiger charge is 2.09. The van der Waals surface area contributed by atoms with Crippen LogP contribution in [-0.4, -0.2) is 22.8 Å². The molecule has 0 aliphatic carbocycles. The average Bonchev–Trinajstić information content (AvgIpc) is 2.27. The highest BCUT2D eigenvalue weighted by atomic mass is 32.2. The van der Waals surface area contributed by atoms with Gasteiger partial charge in [0.15, 0.2) is 0 Å². The van der Waals surface area contributed by atoms with E-state index in [2.05, 4.69) is 23.8 Å². The molecule has 1 atom stereocenters. The number of thioether (sulfide) groups is 1. The minimum atomic E-state index is 0.455. The first-order valence-electron chi connectivity index (χ1n) is 4.96. The van der Waals surface area contributed by atoms with E-state index in [1.54, 1.807) is 18.9 Å². The number of nitrogen functional groups attached to an aromatic ring is 1. The highest BCUT2D eigenvalue weighted by molar-refractivity contribution is 7.99. The lowest BCUT2D eigenvalue weighted by Gasteiger charge is -2.09. The fourth-order valence-electron chi connectivity index (χ4n) is 0.981. The zero-order valence-electron chi connectivity index (χ0n) is 9.36. The van der Waals surface area contributed by atoms with Gasteiger partial charge in [-0.15, -0.1) is 11.8 Å². The van der Waals surface area contributed by atoms with Gasteiger partial charge in [-0.1, -0.05) is 20.3 Å². The number of nitrogens with zero attached hydrogens (tertiary/aromatic N) is 2. The van der Waals surface area contributed by atoms with Crippen LogP contribution in [0.15, 0.2) is 11.4 Å². The summed E-state index contributed by atoms with van der Waals surface area (Å²) in [5, 5.41) is 0.808. The zero-order chi connectivity index (χ0) is 11.3. The monoisotopic (exact) mass is 227 g/mol. The molecule has 1 aromatic heterocycles. The molecule has 0 bridgehead atoms. The van der Waals surface area contributed by atoms with E-state index in [1.165, 1.54) is 6.33 Å². The second kappa shape index (κ2) is 5.80. The first-order chi connectivity index (χ1) is 7.19. The predicted octanol–water partition coefficient (Wildman–Crippen LogP) is 2.21. The van der Waals surface area contributed by atoms with Crippen LogP contribution < -0.4 is 10.5 Å². The zero-order valence-corrected chi connectivity index (χ0v) is 10.2. The van der Waals surface area contributed by atoms with Gasteiger partial charge in [0.1, 0.15) is 17.0 Å². The number of ether oxygens (including phenoxy) is 1. The van der Waals surface area contributed by atoms with Crippen molar-refractivity contribution in [3.8, 4) is 5.88 Å². The summed E-state index contributed by atoms with van der Waals surface area (Å²) in [7, 11) is 1.56. The number of nitrogens with two attached hydrogens (primary N) is 1. The third-order valence-corrected chi connectivity index (χ3v) is 3.54. The van der Waals surface area contributed by atoms with Gasteiger partial charge in [0, 0.05) is 5.75 Å². The van der Waals surface area contributed by atoms with E-state index in [1.807, 2.05) is 0 Å². The molecule has 1 aromatic rings. The Bertz CT molecular complexity index is 320. The minimum Gasteiger partial charge on any atom is -0.479 e. The van der Waals surface area contributed by atoms with E-state index >= 15 is 0 Å². The number of methoxy groups -OCH3 is 1. The lowest BCUT2D eigenvalue weighted by molar-refractivity contribution is 0.397. The van der Waals surface area contributed by atoms with Crippen LogP contribution >= 0.6 is 11.8 Å². The summed E-state index contributed by atoms with van der Waals surface area (Å²) in [6.07, 6.45) is 2.64. The maximum absolute atomic E-state index is 5.85. The van der Waals surface area contributed by atoms with E-state index < -0.39 is 0 Å². The third-order valence-electron chi connectivity index (χ3n) is 2.21. The quantitative estimate of drug-likeness (QED) is 0.617. The minimum absolute atomic E-state index is 0.455. The Kier molecular flexibility index (Phi) is 4.68. The molecule has 1 rings (SSSR count). The lowest BCUT2D eigenvalue weighted by Crippen LogP contribution is -2.01. The lowest BCUT2D eigenvalue weighted by atomic mass is 10.2. The van der Waals surface area contributed by atoms with Crippen LogP contribution in [-0.2, 0) is 0 Å². The number of aromatic nitrogens is 2. The molecular formula is C10H17N3OS. The van der Waals surface area contributed by atoms with E-state index in [-0.39, 0.29) is 0 Å². The third kappa shape index (κ3) is 3.27. The van der Waals surface area contributed by atoms with Gasteiger partial charge >= 0.3 is 0 Å². The molecule has 5 heteroatoms. The summed E-state index contributed by atoms with van der Waals surface area (Å²) in [6.45, 7) is 4.39. The number of rotatable bonds is 5. The van der Waals surface area contributed by atoms with Crippen molar-refractivity contribution in [2.45, 2.75) is 25.3 Å². The molecule has 2 N–H and O–H groups in total. The van der Waals surface area contributed by atoms with Crippen LogP contribution in [0.2, 0.25) is 0 Å². The molecule has 0 spiro atoms. The fourth-order valence-corrected chi connectivity index (χ4v) is 2.02. The maximum atomic E-state index is 5.85. The van der Waals surface area contributed by atoms with Gasteiger partial charge in [-0.3, -0.25) is 0 Å². The van der Waals surface area contributed by atoms with Crippen LogP contribution in [0.4, 0.5) is 5.69 Å². The van der Waals surface area contributed by atoms with Crippen molar-refractivity contribution in [2.75, 3.05) is 18.6 Å². The molecule has 0 amide bonds. The van der Waals surface area contributed by atoms with Crippen LogP contribution in [0.1, 0.15) is 20.3 Å². The Morgan fingerprint density at radius 3 is 2.87 bits per heavy atom. The standard InChI is InChI=1S/C10H17N3OS/c1-4-7(2)5-15-10-8(11)9(14-3)12-6-13-10/h6-7H,4-5,11H2,1-3H3. The molecule has 0 saturated carbocycles. The topological polar surface area (TPSA) is 61.0 Å². The Balaban J connectivity index is 2.68. The van der Waals surface area contributed by atoms with Gasteiger partial charge < -0.3 is 10.5 Å². The first-order valence-corrected chi connectivity index (χ1v) is 5.94. The smallest absolute Gasteiger partial charge is 0.241 e. The van der Waals surface area contributed by atoms with Crippen molar-refractivity contribution in [3.63, 3.8) is 0 Å². The van der Waals surface area contributed by atoms with Gasteiger partial charge in [0.05, 0.1) is 7.11 Å². The summed E-state index contributed by atoms with van der Waals surface area (Å²) in [4.78, 5) is 8.07. The molecule has 0 aromatic carbocycles. The number of anilines is 1. The van der Waals surface area contributed by atoms with Crippen LogP contribution in [0, 0.1) is 5.92 Å².